The van der Waals surface area contributed by atoms with Crippen LogP contribution < -0.4 is 0 Å². The van der Waals surface area contributed by atoms with Crippen molar-refractivity contribution in [3.8, 4) is 6.07 Å². The van der Waals surface area contributed by atoms with E-state index in [4.69, 9.17) is 4.74 Å². The zero-order valence-electron chi connectivity index (χ0n) is 13.3. The highest BCUT2D eigenvalue weighted by Gasteiger charge is 2.60. The second kappa shape index (κ2) is 6.46. The van der Waals surface area contributed by atoms with Crippen molar-refractivity contribution < 1.29 is 27.4 Å². The molecule has 3 rings (SSSR count). The van der Waals surface area contributed by atoms with Gasteiger partial charge in [-0.25, -0.2) is 4.39 Å². The topological polar surface area (TPSA) is 53.2 Å². The normalized spacial score (nSPS) is 23.3. The number of halogens is 4. The molecule has 1 heterocycles. The molecule has 0 saturated carbocycles. The van der Waals surface area contributed by atoms with Crippen LogP contribution in [-0.2, 0) is 4.74 Å². The lowest BCUT2D eigenvalue weighted by Gasteiger charge is -2.39. The highest BCUT2D eigenvalue weighted by molar-refractivity contribution is 5.70. The fourth-order valence-corrected chi connectivity index (χ4v) is 2.89. The van der Waals surface area contributed by atoms with Crippen LogP contribution in [0.1, 0.15) is 23.5 Å². The van der Waals surface area contributed by atoms with Crippen LogP contribution >= 0.6 is 0 Å². The molecule has 0 unspecified atom stereocenters. The summed E-state index contributed by atoms with van der Waals surface area (Å²) >= 11 is 0. The van der Waals surface area contributed by atoms with Gasteiger partial charge < -0.3 is 9.84 Å². The van der Waals surface area contributed by atoms with Crippen molar-refractivity contribution in [1.29, 1.82) is 5.26 Å². The number of benzene rings is 2. The summed E-state index contributed by atoms with van der Waals surface area (Å²) < 4.78 is 58.4. The monoisotopic (exact) mass is 363 g/mol. The molecule has 0 bridgehead atoms. The Balaban J connectivity index is 2.20. The van der Waals surface area contributed by atoms with E-state index in [1.807, 2.05) is 6.07 Å². The van der Waals surface area contributed by atoms with Gasteiger partial charge in [-0.15, -0.1) is 0 Å². The van der Waals surface area contributed by atoms with Crippen LogP contribution in [0.5, 0.6) is 0 Å². The molecule has 0 aliphatic carbocycles. The first-order chi connectivity index (χ1) is 12.2. The molecule has 0 amide bonds. The van der Waals surface area contributed by atoms with E-state index in [1.54, 1.807) is 30.3 Å². The highest BCUT2D eigenvalue weighted by atomic mass is 19.4. The number of rotatable bonds is 2. The van der Waals surface area contributed by atoms with E-state index >= 15 is 0 Å². The standard InChI is InChI=1S/C19H13F4NO2/c20-14-8-6-13(7-9-14)17-16(11-24)15(12-4-2-1-3-5-12)10-18(25,26-17)19(21,22)23/h1-9,15,25H,10H2/t15-,18+/m1/s1. The zero-order chi connectivity index (χ0) is 18.9. The van der Waals surface area contributed by atoms with E-state index < -0.39 is 35.9 Å². The van der Waals surface area contributed by atoms with Gasteiger partial charge >= 0.3 is 12.0 Å². The SMILES string of the molecule is N#CC1=C(c2ccc(F)cc2)O[C@](O)(C(F)(F)F)C[C@@H]1c1ccccc1. The molecule has 26 heavy (non-hydrogen) atoms. The summed E-state index contributed by atoms with van der Waals surface area (Å²) in [7, 11) is 0. The van der Waals surface area contributed by atoms with Crippen molar-refractivity contribution in [2.75, 3.05) is 0 Å². The second-order valence-corrected chi connectivity index (χ2v) is 5.91. The molecule has 0 radical (unpaired) electrons. The van der Waals surface area contributed by atoms with Crippen molar-refractivity contribution in [3.05, 3.63) is 77.1 Å². The van der Waals surface area contributed by atoms with Crippen LogP contribution in [0.2, 0.25) is 0 Å². The molecule has 1 aliphatic heterocycles. The lowest BCUT2D eigenvalue weighted by Crippen LogP contribution is -2.50. The summed E-state index contributed by atoms with van der Waals surface area (Å²) in [6, 6.07) is 14.5. The first kappa shape index (κ1) is 18.0. The Bertz CT molecular complexity index is 869. The third-order valence-corrected chi connectivity index (χ3v) is 4.22. The van der Waals surface area contributed by atoms with Gasteiger partial charge in [-0.1, -0.05) is 30.3 Å². The summed E-state index contributed by atoms with van der Waals surface area (Å²) in [5, 5.41) is 19.7. The molecule has 0 aromatic heterocycles. The number of nitrogens with zero attached hydrogens (tertiary/aromatic N) is 1. The summed E-state index contributed by atoms with van der Waals surface area (Å²) in [6.45, 7) is 0. The van der Waals surface area contributed by atoms with Crippen LogP contribution in [0.3, 0.4) is 0 Å². The Morgan fingerprint density at radius 2 is 1.69 bits per heavy atom. The number of aliphatic hydroxyl groups is 1. The first-order valence-electron chi connectivity index (χ1n) is 7.68. The Kier molecular flexibility index (Phi) is 4.46. The molecule has 0 spiro atoms. The van der Waals surface area contributed by atoms with E-state index in [0.717, 1.165) is 12.1 Å². The van der Waals surface area contributed by atoms with Crippen LogP contribution in [0.4, 0.5) is 17.6 Å². The Morgan fingerprint density at radius 3 is 2.23 bits per heavy atom. The van der Waals surface area contributed by atoms with E-state index in [2.05, 4.69) is 0 Å². The third-order valence-electron chi connectivity index (χ3n) is 4.22. The Morgan fingerprint density at radius 1 is 1.08 bits per heavy atom. The average molecular weight is 363 g/mol. The van der Waals surface area contributed by atoms with Gasteiger partial charge in [-0.2, -0.15) is 18.4 Å². The molecule has 3 nitrogen and oxygen atoms in total. The summed E-state index contributed by atoms with van der Waals surface area (Å²) in [5.41, 5.74) is 0.456. The van der Waals surface area contributed by atoms with Gasteiger partial charge in [0.1, 0.15) is 11.6 Å². The van der Waals surface area contributed by atoms with E-state index in [0.29, 0.717) is 5.56 Å². The van der Waals surface area contributed by atoms with Crippen LogP contribution in [0.25, 0.3) is 5.76 Å². The predicted octanol–water partition coefficient (Wildman–Crippen LogP) is 4.52. The Hall–Kier alpha value is -2.85. The largest absolute Gasteiger partial charge is 0.455 e. The summed E-state index contributed by atoms with van der Waals surface area (Å²) in [4.78, 5) is 0. The third kappa shape index (κ3) is 3.16. The number of alkyl halides is 3. The zero-order valence-corrected chi connectivity index (χ0v) is 13.3. The summed E-state index contributed by atoms with van der Waals surface area (Å²) in [5.74, 6) is -5.49. The quantitative estimate of drug-likeness (QED) is 0.799. The van der Waals surface area contributed by atoms with Crippen LogP contribution in [0.15, 0.2) is 60.2 Å². The van der Waals surface area contributed by atoms with Gasteiger partial charge in [0.25, 0.3) is 0 Å². The molecule has 2 aromatic rings. The van der Waals surface area contributed by atoms with Crippen LogP contribution in [0, 0.1) is 17.1 Å². The molecule has 1 N–H and O–H groups in total. The second-order valence-electron chi connectivity index (χ2n) is 5.91. The average Bonchev–Trinajstić information content (AvgIpc) is 2.61. The molecule has 1 aliphatic rings. The maximum absolute atomic E-state index is 13.5. The van der Waals surface area contributed by atoms with Crippen molar-refractivity contribution in [2.45, 2.75) is 24.3 Å². The van der Waals surface area contributed by atoms with E-state index in [9.17, 15) is 27.9 Å². The first-order valence-corrected chi connectivity index (χ1v) is 7.68. The molecule has 2 atom stereocenters. The highest BCUT2D eigenvalue weighted by Crippen LogP contribution is 2.49. The lowest BCUT2D eigenvalue weighted by atomic mass is 9.82. The molecule has 0 fully saturated rings. The molecule has 7 heteroatoms. The van der Waals surface area contributed by atoms with Gasteiger partial charge in [0.05, 0.1) is 11.6 Å². The number of allylic oxidation sites excluding steroid dienone is 1. The van der Waals surface area contributed by atoms with Gasteiger partial charge in [0.2, 0.25) is 0 Å². The summed E-state index contributed by atoms with van der Waals surface area (Å²) in [6.07, 6.45) is -5.93. The Labute approximate surface area is 146 Å². The maximum atomic E-state index is 13.5. The number of hydrogen-bond acceptors (Lipinski definition) is 3. The van der Waals surface area contributed by atoms with Crippen molar-refractivity contribution in [2.24, 2.45) is 0 Å². The van der Waals surface area contributed by atoms with Gasteiger partial charge in [-0.3, -0.25) is 0 Å². The van der Waals surface area contributed by atoms with Crippen molar-refractivity contribution in [3.63, 3.8) is 0 Å². The van der Waals surface area contributed by atoms with Crippen LogP contribution in [-0.4, -0.2) is 17.1 Å². The molecule has 134 valence electrons. The number of nitriles is 1. The lowest BCUT2D eigenvalue weighted by molar-refractivity contribution is -0.351. The van der Waals surface area contributed by atoms with Gasteiger partial charge in [0, 0.05) is 17.9 Å². The fourth-order valence-electron chi connectivity index (χ4n) is 2.89. The molecule has 0 saturated heterocycles. The van der Waals surface area contributed by atoms with Gasteiger partial charge in [-0.05, 0) is 29.8 Å². The maximum Gasteiger partial charge on any atom is 0.455 e. The minimum atomic E-state index is -5.08. The molecular weight excluding hydrogens is 350 g/mol. The van der Waals surface area contributed by atoms with E-state index in [1.165, 1.54) is 12.1 Å². The van der Waals surface area contributed by atoms with E-state index in [-0.39, 0.29) is 11.1 Å². The van der Waals surface area contributed by atoms with Crippen molar-refractivity contribution in [1.82, 2.24) is 0 Å². The smallest absolute Gasteiger partial charge is 0.451 e. The number of hydrogen-bond donors (Lipinski definition) is 1. The predicted molar refractivity (Wildman–Crippen MR) is 84.8 cm³/mol. The van der Waals surface area contributed by atoms with Crippen molar-refractivity contribution >= 4 is 5.76 Å². The number of ether oxygens (including phenoxy) is 1. The minimum Gasteiger partial charge on any atom is -0.451 e. The fraction of sp³-hybridized carbons (Fsp3) is 0.211. The van der Waals surface area contributed by atoms with Gasteiger partial charge in [0.15, 0.2) is 0 Å². The molecule has 2 aromatic carbocycles. The minimum absolute atomic E-state index is 0.0586. The molecular formula is C19H13F4NO2.